The first-order chi connectivity index (χ1) is 8.17. The molecule has 0 aliphatic heterocycles. The van der Waals surface area contributed by atoms with Crippen LogP contribution in [0.3, 0.4) is 0 Å². The highest BCUT2D eigenvalue weighted by atomic mass is 19.3. The maximum absolute atomic E-state index is 12.3. The molecule has 0 amide bonds. The fourth-order valence-electron chi connectivity index (χ4n) is 1.51. The standard InChI is InChI=1S/C13H16F2N2/c1-2-12(7-8-16)17-9-10-3-5-11(6-4-10)13(14)15/h3-6,12-13,17H,2,7,9H2,1H3. The van der Waals surface area contributed by atoms with Gasteiger partial charge >= 0.3 is 0 Å². The van der Waals surface area contributed by atoms with Gasteiger partial charge < -0.3 is 5.32 Å². The van der Waals surface area contributed by atoms with Crippen molar-refractivity contribution >= 4 is 0 Å². The molecule has 0 aliphatic carbocycles. The number of benzene rings is 1. The smallest absolute Gasteiger partial charge is 0.263 e. The van der Waals surface area contributed by atoms with Crippen molar-refractivity contribution in [2.45, 2.75) is 38.8 Å². The van der Waals surface area contributed by atoms with Crippen molar-refractivity contribution in [1.29, 1.82) is 5.26 Å². The Bertz CT molecular complexity index is 368. The molecule has 1 rings (SSSR count). The number of nitriles is 1. The summed E-state index contributed by atoms with van der Waals surface area (Å²) in [5, 5.41) is 11.8. The van der Waals surface area contributed by atoms with Gasteiger partial charge in [0.15, 0.2) is 0 Å². The number of alkyl halides is 2. The molecule has 0 spiro atoms. The molecule has 0 saturated heterocycles. The summed E-state index contributed by atoms with van der Waals surface area (Å²) in [5.74, 6) is 0. The molecule has 2 nitrogen and oxygen atoms in total. The zero-order valence-corrected chi connectivity index (χ0v) is 9.79. The largest absolute Gasteiger partial charge is 0.309 e. The third-order valence-electron chi connectivity index (χ3n) is 2.66. The molecule has 92 valence electrons. The number of halogens is 2. The molecule has 1 N–H and O–H groups in total. The number of nitrogens with zero attached hydrogens (tertiary/aromatic N) is 1. The van der Waals surface area contributed by atoms with Crippen LogP contribution in [0.1, 0.15) is 37.3 Å². The van der Waals surface area contributed by atoms with Gasteiger partial charge in [-0.25, -0.2) is 8.78 Å². The van der Waals surface area contributed by atoms with E-state index in [-0.39, 0.29) is 11.6 Å². The van der Waals surface area contributed by atoms with Crippen LogP contribution in [-0.4, -0.2) is 6.04 Å². The normalized spacial score (nSPS) is 12.4. The van der Waals surface area contributed by atoms with E-state index in [1.165, 1.54) is 12.1 Å². The average molecular weight is 238 g/mol. The number of hydrogen-bond acceptors (Lipinski definition) is 2. The van der Waals surface area contributed by atoms with Gasteiger partial charge in [-0.1, -0.05) is 31.2 Å². The lowest BCUT2D eigenvalue weighted by Crippen LogP contribution is -2.27. The highest BCUT2D eigenvalue weighted by Gasteiger charge is 2.07. The molecule has 1 atom stereocenters. The first kappa shape index (κ1) is 13.6. The van der Waals surface area contributed by atoms with Gasteiger partial charge in [-0.15, -0.1) is 0 Å². The van der Waals surface area contributed by atoms with Gasteiger partial charge in [0.2, 0.25) is 0 Å². The van der Waals surface area contributed by atoms with Crippen LogP contribution in [0.25, 0.3) is 0 Å². The molecule has 1 unspecified atom stereocenters. The molecule has 0 aromatic heterocycles. The Morgan fingerprint density at radius 2 is 1.94 bits per heavy atom. The maximum Gasteiger partial charge on any atom is 0.263 e. The summed E-state index contributed by atoms with van der Waals surface area (Å²) in [7, 11) is 0. The first-order valence-electron chi connectivity index (χ1n) is 5.64. The van der Waals surface area contributed by atoms with Crippen LogP contribution in [0.2, 0.25) is 0 Å². The Hall–Kier alpha value is -1.47. The minimum Gasteiger partial charge on any atom is -0.309 e. The summed E-state index contributed by atoms with van der Waals surface area (Å²) in [6, 6.07) is 8.53. The highest BCUT2D eigenvalue weighted by molar-refractivity contribution is 5.23. The summed E-state index contributed by atoms with van der Waals surface area (Å²) in [6.07, 6.45) is -1.08. The van der Waals surface area contributed by atoms with Crippen LogP contribution in [0, 0.1) is 11.3 Å². The van der Waals surface area contributed by atoms with Gasteiger partial charge in [-0.05, 0) is 12.0 Å². The van der Waals surface area contributed by atoms with Crippen molar-refractivity contribution in [2.24, 2.45) is 0 Å². The summed E-state index contributed by atoms with van der Waals surface area (Å²) >= 11 is 0. The average Bonchev–Trinajstić information content (AvgIpc) is 2.35. The molecule has 17 heavy (non-hydrogen) atoms. The van der Waals surface area contributed by atoms with Crippen LogP contribution in [0.4, 0.5) is 8.78 Å². The summed E-state index contributed by atoms with van der Waals surface area (Å²) < 4.78 is 24.6. The van der Waals surface area contributed by atoms with Crippen LogP contribution in [0.5, 0.6) is 0 Å². The number of hydrogen-bond donors (Lipinski definition) is 1. The first-order valence-corrected chi connectivity index (χ1v) is 5.64. The zero-order valence-electron chi connectivity index (χ0n) is 9.79. The molecule has 0 radical (unpaired) electrons. The maximum atomic E-state index is 12.3. The van der Waals surface area contributed by atoms with E-state index < -0.39 is 6.43 Å². The summed E-state index contributed by atoms with van der Waals surface area (Å²) in [4.78, 5) is 0. The zero-order chi connectivity index (χ0) is 12.7. The Kier molecular flexibility index (Phi) is 5.58. The predicted octanol–water partition coefficient (Wildman–Crippen LogP) is 3.41. The summed E-state index contributed by atoms with van der Waals surface area (Å²) in [6.45, 7) is 2.61. The molecule has 0 fully saturated rings. The third kappa shape index (κ3) is 4.49. The van der Waals surface area contributed by atoms with E-state index in [9.17, 15) is 8.78 Å². The highest BCUT2D eigenvalue weighted by Crippen LogP contribution is 2.18. The van der Waals surface area contributed by atoms with E-state index in [4.69, 9.17) is 5.26 Å². The molecular formula is C13H16F2N2. The van der Waals surface area contributed by atoms with Crippen molar-refractivity contribution in [1.82, 2.24) is 5.32 Å². The van der Waals surface area contributed by atoms with Crippen LogP contribution in [-0.2, 0) is 6.54 Å². The second kappa shape index (κ2) is 6.97. The Labute approximate surface area is 100 Å². The van der Waals surface area contributed by atoms with Gasteiger partial charge in [0.25, 0.3) is 6.43 Å². The van der Waals surface area contributed by atoms with E-state index >= 15 is 0 Å². The fraction of sp³-hybridized carbons (Fsp3) is 0.462. The molecule has 1 aromatic rings. The van der Waals surface area contributed by atoms with Gasteiger partial charge in [0.05, 0.1) is 12.5 Å². The van der Waals surface area contributed by atoms with E-state index in [1.54, 1.807) is 12.1 Å². The molecule has 0 aliphatic rings. The summed E-state index contributed by atoms with van der Waals surface area (Å²) in [5.41, 5.74) is 0.989. The second-order valence-electron chi connectivity index (χ2n) is 3.89. The van der Waals surface area contributed by atoms with Crippen molar-refractivity contribution in [3.05, 3.63) is 35.4 Å². The Balaban J connectivity index is 2.49. The Morgan fingerprint density at radius 1 is 1.29 bits per heavy atom. The van der Waals surface area contributed by atoms with E-state index in [1.807, 2.05) is 6.92 Å². The Morgan fingerprint density at radius 3 is 2.41 bits per heavy atom. The van der Waals surface area contributed by atoms with E-state index in [0.29, 0.717) is 13.0 Å². The minimum atomic E-state index is -2.42. The van der Waals surface area contributed by atoms with Crippen molar-refractivity contribution in [2.75, 3.05) is 0 Å². The quantitative estimate of drug-likeness (QED) is 0.824. The number of nitrogens with one attached hydrogen (secondary N) is 1. The monoisotopic (exact) mass is 238 g/mol. The van der Waals surface area contributed by atoms with Crippen molar-refractivity contribution < 1.29 is 8.78 Å². The lowest BCUT2D eigenvalue weighted by atomic mass is 10.1. The van der Waals surface area contributed by atoms with Crippen molar-refractivity contribution in [3.8, 4) is 6.07 Å². The molecular weight excluding hydrogens is 222 g/mol. The van der Waals surface area contributed by atoms with Crippen LogP contribution in [0.15, 0.2) is 24.3 Å². The van der Waals surface area contributed by atoms with Gasteiger partial charge in [0, 0.05) is 18.2 Å². The second-order valence-corrected chi connectivity index (χ2v) is 3.89. The lowest BCUT2D eigenvalue weighted by molar-refractivity contribution is 0.151. The fourth-order valence-corrected chi connectivity index (χ4v) is 1.51. The molecule has 0 heterocycles. The third-order valence-corrected chi connectivity index (χ3v) is 2.66. The molecule has 4 heteroatoms. The molecule has 0 saturated carbocycles. The minimum absolute atomic E-state index is 0.0396. The molecule has 0 bridgehead atoms. The van der Waals surface area contributed by atoms with Gasteiger partial charge in [-0.2, -0.15) is 5.26 Å². The van der Waals surface area contributed by atoms with Crippen molar-refractivity contribution in [3.63, 3.8) is 0 Å². The van der Waals surface area contributed by atoms with E-state index in [0.717, 1.165) is 12.0 Å². The lowest BCUT2D eigenvalue weighted by Gasteiger charge is -2.13. The van der Waals surface area contributed by atoms with Gasteiger partial charge in [0.1, 0.15) is 0 Å². The van der Waals surface area contributed by atoms with Crippen LogP contribution < -0.4 is 5.32 Å². The topological polar surface area (TPSA) is 35.8 Å². The van der Waals surface area contributed by atoms with E-state index in [2.05, 4.69) is 11.4 Å². The SMILES string of the molecule is CCC(CC#N)NCc1ccc(C(F)F)cc1. The predicted molar refractivity (Wildman–Crippen MR) is 62.5 cm³/mol. The molecule has 1 aromatic carbocycles. The van der Waals surface area contributed by atoms with Gasteiger partial charge in [-0.3, -0.25) is 0 Å². The number of rotatable bonds is 6. The van der Waals surface area contributed by atoms with Crippen LogP contribution >= 0.6 is 0 Å².